The number of carboxylic acid groups (broad SMARTS) is 2. The van der Waals surface area contributed by atoms with Crippen LogP contribution in [0.15, 0.2) is 0 Å². The minimum absolute atomic E-state index is 2.28. The number of hydrogen-bond donors (Lipinski definition) is 3. The Morgan fingerprint density at radius 3 is 1.73 bits per heavy atom. The van der Waals surface area contributed by atoms with E-state index in [1.807, 2.05) is 0 Å². The third-order valence-electron chi connectivity index (χ3n) is 0.862. The van der Waals surface area contributed by atoms with Crippen LogP contribution in [0.5, 0.6) is 0 Å². The highest BCUT2D eigenvalue weighted by molar-refractivity contribution is 5.85. The first-order chi connectivity index (χ1) is 4.80. The summed E-state index contributed by atoms with van der Waals surface area (Å²) in [5, 5.41) is 23.6. The minimum Gasteiger partial charge on any atom is -0.479 e. The van der Waals surface area contributed by atoms with Gasteiger partial charge in [-0.2, -0.15) is 8.78 Å². The molecule has 0 aromatic heterocycles. The molecule has 0 amide bonds. The van der Waals surface area contributed by atoms with E-state index in [4.69, 9.17) is 15.3 Å². The smallest absolute Gasteiger partial charge is 0.378 e. The second kappa shape index (κ2) is 2.79. The summed E-state index contributed by atoms with van der Waals surface area (Å²) in [6, 6.07) is 0. The molecule has 5 nitrogen and oxygen atoms in total. The molecule has 7 heteroatoms. The maximum Gasteiger partial charge on any atom is 0.378 e. The van der Waals surface area contributed by atoms with E-state index in [1.54, 1.807) is 0 Å². The van der Waals surface area contributed by atoms with Gasteiger partial charge in [-0.3, -0.25) is 0 Å². The predicted molar refractivity (Wildman–Crippen MR) is 26.2 cm³/mol. The van der Waals surface area contributed by atoms with Crippen LogP contribution in [0.1, 0.15) is 0 Å². The van der Waals surface area contributed by atoms with Crippen LogP contribution in [0.25, 0.3) is 0 Å². The summed E-state index contributed by atoms with van der Waals surface area (Å²) in [5.74, 6) is -9.60. The van der Waals surface area contributed by atoms with Gasteiger partial charge in [-0.05, 0) is 0 Å². The zero-order valence-electron chi connectivity index (χ0n) is 4.99. The fraction of sp³-hybridized carbons (Fsp3) is 0.500. The minimum atomic E-state index is -4.65. The molecule has 11 heavy (non-hydrogen) atoms. The number of carboxylic acids is 2. The molecule has 0 radical (unpaired) electrons. The number of carbonyl (C=O) groups is 2. The summed E-state index contributed by atoms with van der Waals surface area (Å²) in [7, 11) is 0. The highest BCUT2D eigenvalue weighted by Gasteiger charge is 2.51. The first kappa shape index (κ1) is 9.76. The van der Waals surface area contributed by atoms with Gasteiger partial charge in [0, 0.05) is 0 Å². The number of hydrogen-bond acceptors (Lipinski definition) is 3. The molecule has 1 atom stereocenters. The largest absolute Gasteiger partial charge is 0.479 e. The van der Waals surface area contributed by atoms with Crippen LogP contribution in [-0.4, -0.2) is 39.3 Å². The van der Waals surface area contributed by atoms with Crippen molar-refractivity contribution in [3.8, 4) is 0 Å². The first-order valence-corrected chi connectivity index (χ1v) is 2.32. The van der Waals surface area contributed by atoms with Gasteiger partial charge in [0.15, 0.2) is 0 Å². The molecule has 64 valence electrons. The van der Waals surface area contributed by atoms with E-state index < -0.39 is 24.0 Å². The van der Waals surface area contributed by atoms with E-state index in [9.17, 15) is 18.4 Å². The molecular formula is C4H4F2O5. The first-order valence-electron chi connectivity index (χ1n) is 2.32. The van der Waals surface area contributed by atoms with Crippen molar-refractivity contribution in [2.24, 2.45) is 0 Å². The lowest BCUT2D eigenvalue weighted by molar-refractivity contribution is -0.192. The third kappa shape index (κ3) is 1.84. The van der Waals surface area contributed by atoms with Gasteiger partial charge in [0.25, 0.3) is 0 Å². The van der Waals surface area contributed by atoms with E-state index >= 15 is 0 Å². The van der Waals surface area contributed by atoms with Crippen LogP contribution in [0.4, 0.5) is 8.78 Å². The van der Waals surface area contributed by atoms with Crippen LogP contribution in [0, 0.1) is 0 Å². The highest BCUT2D eigenvalue weighted by Crippen LogP contribution is 2.18. The summed E-state index contributed by atoms with van der Waals surface area (Å²) in [6.45, 7) is 0. The number of aliphatic hydroxyl groups is 1. The summed E-state index contributed by atoms with van der Waals surface area (Å²) in [5.41, 5.74) is 0. The normalized spacial score (nSPS) is 14.1. The topological polar surface area (TPSA) is 94.8 Å². The molecule has 0 saturated heterocycles. The summed E-state index contributed by atoms with van der Waals surface area (Å²) >= 11 is 0. The maximum atomic E-state index is 12.0. The second-order valence-electron chi connectivity index (χ2n) is 1.67. The Morgan fingerprint density at radius 1 is 1.27 bits per heavy atom. The zero-order chi connectivity index (χ0) is 9.23. The van der Waals surface area contributed by atoms with Gasteiger partial charge in [0.05, 0.1) is 0 Å². The number of rotatable bonds is 3. The Balaban J connectivity index is 4.55. The Hall–Kier alpha value is -1.24. The average Bonchev–Trinajstić information content (AvgIpc) is 1.85. The second-order valence-corrected chi connectivity index (χ2v) is 1.67. The fourth-order valence-corrected chi connectivity index (χ4v) is 0.272. The van der Waals surface area contributed by atoms with Crippen molar-refractivity contribution in [1.82, 2.24) is 0 Å². The van der Waals surface area contributed by atoms with Crippen molar-refractivity contribution in [3.63, 3.8) is 0 Å². The maximum absolute atomic E-state index is 12.0. The van der Waals surface area contributed by atoms with Gasteiger partial charge in [-0.15, -0.1) is 0 Å². The van der Waals surface area contributed by atoms with Crippen molar-refractivity contribution in [2.45, 2.75) is 12.0 Å². The standard InChI is InChI=1S/C4H4F2O5/c5-4(6,3(10)11)1(7)2(8)9/h1,7H,(H,8,9)(H,10,11). The zero-order valence-corrected chi connectivity index (χ0v) is 4.99. The fourth-order valence-electron chi connectivity index (χ4n) is 0.272. The average molecular weight is 170 g/mol. The van der Waals surface area contributed by atoms with E-state index in [-0.39, 0.29) is 0 Å². The van der Waals surface area contributed by atoms with Crippen LogP contribution >= 0.6 is 0 Å². The Morgan fingerprint density at radius 2 is 1.64 bits per heavy atom. The van der Waals surface area contributed by atoms with Gasteiger partial charge >= 0.3 is 17.9 Å². The van der Waals surface area contributed by atoms with Crippen molar-refractivity contribution < 1.29 is 33.7 Å². The molecular weight excluding hydrogens is 166 g/mol. The van der Waals surface area contributed by atoms with Gasteiger partial charge in [-0.25, -0.2) is 9.59 Å². The van der Waals surface area contributed by atoms with E-state index in [1.165, 1.54) is 0 Å². The monoisotopic (exact) mass is 170 g/mol. The number of halogens is 2. The molecule has 1 unspecified atom stereocenters. The molecule has 0 saturated carbocycles. The van der Waals surface area contributed by atoms with E-state index in [0.29, 0.717) is 0 Å². The Bertz CT molecular complexity index is 189. The summed E-state index contributed by atoms with van der Waals surface area (Å²) in [6.07, 6.45) is -3.21. The Kier molecular flexibility index (Phi) is 2.47. The SMILES string of the molecule is O=C(O)C(O)C(F)(F)C(=O)O. The van der Waals surface area contributed by atoms with Crippen molar-refractivity contribution in [3.05, 3.63) is 0 Å². The van der Waals surface area contributed by atoms with Crippen molar-refractivity contribution >= 4 is 11.9 Å². The third-order valence-corrected chi connectivity index (χ3v) is 0.862. The van der Waals surface area contributed by atoms with Gasteiger partial charge in [0.2, 0.25) is 6.10 Å². The molecule has 0 aromatic carbocycles. The van der Waals surface area contributed by atoms with Crippen LogP contribution in [0.3, 0.4) is 0 Å². The van der Waals surface area contributed by atoms with Gasteiger partial charge < -0.3 is 15.3 Å². The molecule has 0 heterocycles. The van der Waals surface area contributed by atoms with E-state index in [0.717, 1.165) is 0 Å². The molecule has 0 spiro atoms. The number of aliphatic hydroxyl groups excluding tert-OH is 1. The lowest BCUT2D eigenvalue weighted by Crippen LogP contribution is -2.46. The Labute approximate surface area is 58.9 Å². The number of alkyl halides is 2. The van der Waals surface area contributed by atoms with Crippen molar-refractivity contribution in [2.75, 3.05) is 0 Å². The summed E-state index contributed by atoms with van der Waals surface area (Å²) in [4.78, 5) is 19.3. The van der Waals surface area contributed by atoms with E-state index in [2.05, 4.69) is 0 Å². The van der Waals surface area contributed by atoms with Crippen LogP contribution in [-0.2, 0) is 9.59 Å². The van der Waals surface area contributed by atoms with Gasteiger partial charge in [0.1, 0.15) is 0 Å². The number of aliphatic carboxylic acids is 2. The summed E-state index contributed by atoms with van der Waals surface area (Å²) < 4.78 is 23.9. The van der Waals surface area contributed by atoms with Crippen LogP contribution < -0.4 is 0 Å². The lowest BCUT2D eigenvalue weighted by atomic mass is 10.2. The van der Waals surface area contributed by atoms with Crippen LogP contribution in [0.2, 0.25) is 0 Å². The lowest BCUT2D eigenvalue weighted by Gasteiger charge is -2.13. The molecule has 0 aliphatic heterocycles. The molecule has 0 rings (SSSR count). The molecule has 0 aliphatic rings. The molecule has 0 fully saturated rings. The highest BCUT2D eigenvalue weighted by atomic mass is 19.3. The molecule has 0 aliphatic carbocycles. The van der Waals surface area contributed by atoms with Gasteiger partial charge in [-0.1, -0.05) is 0 Å². The molecule has 0 aromatic rings. The molecule has 3 N–H and O–H groups in total. The quantitative estimate of drug-likeness (QED) is 0.512. The predicted octanol–water partition coefficient (Wildman–Crippen LogP) is -0.848. The molecule has 0 bridgehead atoms. The van der Waals surface area contributed by atoms with Crippen molar-refractivity contribution in [1.29, 1.82) is 0 Å².